The summed E-state index contributed by atoms with van der Waals surface area (Å²) < 4.78 is 1.11. The van der Waals surface area contributed by atoms with Crippen LogP contribution < -0.4 is 0 Å². The van der Waals surface area contributed by atoms with Crippen molar-refractivity contribution in [1.29, 1.82) is 0 Å². The Morgan fingerprint density at radius 3 is 2.35 bits per heavy atom. The first-order chi connectivity index (χ1) is 9.56. The Morgan fingerprint density at radius 1 is 0.900 bits per heavy atom. The summed E-state index contributed by atoms with van der Waals surface area (Å²) in [6.07, 6.45) is 6.75. The van der Waals surface area contributed by atoms with Crippen molar-refractivity contribution in [3.63, 3.8) is 0 Å². The first-order valence-corrected chi connectivity index (χ1v) is 7.62. The van der Waals surface area contributed by atoms with E-state index in [4.69, 9.17) is 0 Å². The number of rotatable bonds is 2. The summed E-state index contributed by atoms with van der Waals surface area (Å²) in [5.74, 6) is 0. The van der Waals surface area contributed by atoms with Crippen LogP contribution in [-0.2, 0) is 5.41 Å². The Labute approximate surface area is 129 Å². The lowest BCUT2D eigenvalue weighted by atomic mass is 9.87. The van der Waals surface area contributed by atoms with Crippen LogP contribution in [0.25, 0.3) is 11.6 Å². The first kappa shape index (κ1) is 13.4. The molecule has 0 nitrogen and oxygen atoms in total. The summed E-state index contributed by atoms with van der Waals surface area (Å²) in [7, 11) is 0. The predicted molar refractivity (Wildman–Crippen MR) is 90.6 cm³/mol. The van der Waals surface area contributed by atoms with E-state index in [2.05, 4.69) is 96.5 Å². The fourth-order valence-electron chi connectivity index (χ4n) is 2.74. The minimum absolute atomic E-state index is 0.121. The summed E-state index contributed by atoms with van der Waals surface area (Å²) in [5.41, 5.74) is 5.42. The second-order valence-corrected chi connectivity index (χ2v) is 6.67. The molecular weight excluding hydrogens is 308 g/mol. The van der Waals surface area contributed by atoms with Gasteiger partial charge in [0.05, 0.1) is 0 Å². The minimum atomic E-state index is 0.121. The second-order valence-electron chi connectivity index (χ2n) is 5.75. The highest BCUT2D eigenvalue weighted by atomic mass is 79.9. The van der Waals surface area contributed by atoms with Crippen LogP contribution >= 0.6 is 15.9 Å². The Kier molecular flexibility index (Phi) is 3.39. The standard InChI is InChI=1S/C19H17Br/c1-19(2)13-15(17-5-3-4-6-18(17)19)10-7-14-8-11-16(20)12-9-14/h3-13H,1-2H3/b10-7-. The summed E-state index contributed by atoms with van der Waals surface area (Å²) in [6.45, 7) is 4.54. The van der Waals surface area contributed by atoms with Crippen molar-refractivity contribution < 1.29 is 0 Å². The van der Waals surface area contributed by atoms with E-state index in [0.29, 0.717) is 0 Å². The summed E-state index contributed by atoms with van der Waals surface area (Å²) in [5, 5.41) is 0. The lowest BCUT2D eigenvalue weighted by Gasteiger charge is -2.16. The maximum Gasteiger partial charge on any atom is 0.0175 e. The number of fused-ring (bicyclic) bond motifs is 1. The molecule has 0 aromatic heterocycles. The molecule has 20 heavy (non-hydrogen) atoms. The van der Waals surface area contributed by atoms with Gasteiger partial charge in [0, 0.05) is 9.89 Å². The van der Waals surface area contributed by atoms with Crippen LogP contribution in [0.3, 0.4) is 0 Å². The molecular formula is C19H17Br. The van der Waals surface area contributed by atoms with Crippen molar-refractivity contribution in [3.8, 4) is 0 Å². The molecule has 1 heteroatoms. The Balaban J connectivity index is 1.94. The van der Waals surface area contributed by atoms with Gasteiger partial charge in [0.15, 0.2) is 0 Å². The molecule has 0 amide bonds. The molecule has 0 bridgehead atoms. The van der Waals surface area contributed by atoms with E-state index in [1.165, 1.54) is 22.3 Å². The molecule has 0 atom stereocenters. The highest BCUT2D eigenvalue weighted by Crippen LogP contribution is 2.40. The smallest absolute Gasteiger partial charge is 0.0175 e. The molecule has 1 aliphatic rings. The number of hydrogen-bond acceptors (Lipinski definition) is 0. The van der Waals surface area contributed by atoms with Gasteiger partial charge in [-0.1, -0.05) is 84.4 Å². The SMILES string of the molecule is CC1(C)C=C(/C=C\c2ccc(Br)cc2)c2ccccc21. The van der Waals surface area contributed by atoms with Crippen molar-refractivity contribution in [3.05, 3.63) is 81.8 Å². The van der Waals surface area contributed by atoms with Gasteiger partial charge in [-0.2, -0.15) is 0 Å². The zero-order valence-corrected chi connectivity index (χ0v) is 13.3. The van der Waals surface area contributed by atoms with Crippen LogP contribution in [0, 0.1) is 0 Å². The van der Waals surface area contributed by atoms with E-state index in [1.807, 2.05) is 0 Å². The Morgan fingerprint density at radius 2 is 1.60 bits per heavy atom. The highest BCUT2D eigenvalue weighted by Gasteiger charge is 2.27. The maximum absolute atomic E-state index is 3.46. The molecule has 0 saturated carbocycles. The van der Waals surface area contributed by atoms with Crippen molar-refractivity contribution in [2.24, 2.45) is 0 Å². The topological polar surface area (TPSA) is 0 Å². The largest absolute Gasteiger partial charge is 0.0666 e. The molecule has 0 saturated heterocycles. The number of benzene rings is 2. The lowest BCUT2D eigenvalue weighted by Crippen LogP contribution is -2.10. The van der Waals surface area contributed by atoms with E-state index in [-0.39, 0.29) is 5.41 Å². The monoisotopic (exact) mass is 324 g/mol. The first-order valence-electron chi connectivity index (χ1n) is 6.83. The molecule has 1 aliphatic carbocycles. The number of hydrogen-bond donors (Lipinski definition) is 0. The summed E-state index contributed by atoms with van der Waals surface area (Å²) in [6, 6.07) is 17.0. The predicted octanol–water partition coefficient (Wildman–Crippen LogP) is 5.84. The zero-order chi connectivity index (χ0) is 14.2. The normalized spacial score (nSPS) is 16.2. The van der Waals surface area contributed by atoms with Gasteiger partial charge < -0.3 is 0 Å². The van der Waals surface area contributed by atoms with Gasteiger partial charge >= 0.3 is 0 Å². The van der Waals surface area contributed by atoms with E-state index in [1.54, 1.807) is 0 Å². The van der Waals surface area contributed by atoms with Crippen LogP contribution in [0.15, 0.2) is 65.2 Å². The van der Waals surface area contributed by atoms with Gasteiger partial charge in [0.2, 0.25) is 0 Å². The van der Waals surface area contributed by atoms with Crippen LogP contribution in [0.4, 0.5) is 0 Å². The molecule has 3 rings (SSSR count). The lowest BCUT2D eigenvalue weighted by molar-refractivity contribution is 0.683. The van der Waals surface area contributed by atoms with Gasteiger partial charge in [-0.15, -0.1) is 0 Å². The molecule has 0 aliphatic heterocycles. The average molecular weight is 325 g/mol. The molecule has 2 aromatic rings. The Bertz CT molecular complexity index is 688. The fraction of sp³-hybridized carbons (Fsp3) is 0.158. The van der Waals surface area contributed by atoms with Crippen LogP contribution in [0.1, 0.15) is 30.5 Å². The van der Waals surface area contributed by atoms with Crippen molar-refractivity contribution in [2.75, 3.05) is 0 Å². The molecule has 0 unspecified atom stereocenters. The fourth-order valence-corrected chi connectivity index (χ4v) is 3.00. The van der Waals surface area contributed by atoms with Gasteiger partial charge in [-0.05, 0) is 34.4 Å². The number of allylic oxidation sites excluding steroid dienone is 3. The molecule has 100 valence electrons. The minimum Gasteiger partial charge on any atom is -0.0666 e. The van der Waals surface area contributed by atoms with E-state index >= 15 is 0 Å². The van der Waals surface area contributed by atoms with Gasteiger partial charge in [-0.3, -0.25) is 0 Å². The van der Waals surface area contributed by atoms with Crippen LogP contribution in [-0.4, -0.2) is 0 Å². The number of halogens is 1. The molecule has 0 N–H and O–H groups in total. The third-order valence-electron chi connectivity index (χ3n) is 3.77. The van der Waals surface area contributed by atoms with E-state index in [9.17, 15) is 0 Å². The van der Waals surface area contributed by atoms with Crippen LogP contribution in [0.5, 0.6) is 0 Å². The summed E-state index contributed by atoms with van der Waals surface area (Å²) in [4.78, 5) is 0. The maximum atomic E-state index is 3.46. The molecule has 2 aromatic carbocycles. The van der Waals surface area contributed by atoms with E-state index in [0.717, 1.165) is 4.47 Å². The second kappa shape index (κ2) is 5.06. The van der Waals surface area contributed by atoms with Gasteiger partial charge in [0.25, 0.3) is 0 Å². The molecule has 0 heterocycles. The Hall–Kier alpha value is -1.60. The average Bonchev–Trinajstić information content (AvgIpc) is 2.70. The van der Waals surface area contributed by atoms with Crippen LogP contribution in [0.2, 0.25) is 0 Å². The molecule has 0 spiro atoms. The van der Waals surface area contributed by atoms with Gasteiger partial charge in [0.1, 0.15) is 0 Å². The zero-order valence-electron chi connectivity index (χ0n) is 11.7. The third-order valence-corrected chi connectivity index (χ3v) is 4.30. The molecule has 0 fully saturated rings. The van der Waals surface area contributed by atoms with Crippen molar-refractivity contribution in [2.45, 2.75) is 19.3 Å². The van der Waals surface area contributed by atoms with Crippen molar-refractivity contribution >= 4 is 27.6 Å². The van der Waals surface area contributed by atoms with E-state index < -0.39 is 0 Å². The molecule has 0 radical (unpaired) electrons. The quantitative estimate of drug-likeness (QED) is 0.651. The highest BCUT2D eigenvalue weighted by molar-refractivity contribution is 9.10. The third kappa shape index (κ3) is 2.51. The summed E-state index contributed by atoms with van der Waals surface area (Å²) >= 11 is 3.46. The van der Waals surface area contributed by atoms with Crippen molar-refractivity contribution in [1.82, 2.24) is 0 Å². The van der Waals surface area contributed by atoms with Gasteiger partial charge in [-0.25, -0.2) is 0 Å².